The predicted molar refractivity (Wildman–Crippen MR) is 99.3 cm³/mol. The largest absolute Gasteiger partial charge is 0.497 e. The Morgan fingerprint density at radius 3 is 2.58 bits per heavy atom. The lowest BCUT2D eigenvalue weighted by molar-refractivity contribution is 0.0932. The van der Waals surface area contributed by atoms with Crippen LogP contribution < -0.4 is 20.1 Å². The number of amides is 1. The highest BCUT2D eigenvalue weighted by Crippen LogP contribution is 2.30. The standard InChI is InChI=1S/C19H24N4O3/c1-12-10-16(18(24)21-13-6-4-5-7-13)23-19(20-12)22-15-9-8-14(25-2)11-17(15)26-3/h8-11,13H,4-7H2,1-3H3,(H,21,24)(H,20,22,23). The SMILES string of the molecule is COc1ccc(Nc2nc(C)cc(C(=O)NC3CCCC3)n2)c(OC)c1. The van der Waals surface area contributed by atoms with Crippen LogP contribution >= 0.6 is 0 Å². The average molecular weight is 356 g/mol. The summed E-state index contributed by atoms with van der Waals surface area (Å²) in [6.45, 7) is 1.84. The molecule has 1 heterocycles. The molecule has 0 atom stereocenters. The summed E-state index contributed by atoms with van der Waals surface area (Å²) in [6.07, 6.45) is 4.39. The van der Waals surface area contributed by atoms with Crippen LogP contribution in [0.25, 0.3) is 0 Å². The molecule has 7 nitrogen and oxygen atoms in total. The van der Waals surface area contributed by atoms with Gasteiger partial charge in [-0.2, -0.15) is 0 Å². The highest BCUT2D eigenvalue weighted by molar-refractivity contribution is 5.93. The molecule has 1 aliphatic carbocycles. The summed E-state index contributed by atoms with van der Waals surface area (Å²) in [6, 6.07) is 7.35. The molecule has 26 heavy (non-hydrogen) atoms. The second-order valence-corrected chi connectivity index (χ2v) is 6.36. The van der Waals surface area contributed by atoms with Gasteiger partial charge in [-0.3, -0.25) is 4.79 Å². The van der Waals surface area contributed by atoms with Crippen LogP contribution in [0.15, 0.2) is 24.3 Å². The molecule has 2 N–H and O–H groups in total. The topological polar surface area (TPSA) is 85.4 Å². The van der Waals surface area contributed by atoms with E-state index in [9.17, 15) is 4.79 Å². The second-order valence-electron chi connectivity index (χ2n) is 6.36. The Labute approximate surface area is 153 Å². The summed E-state index contributed by atoms with van der Waals surface area (Å²) in [7, 11) is 3.18. The molecule has 2 aromatic rings. The number of carbonyl (C=O) groups is 1. The summed E-state index contributed by atoms with van der Waals surface area (Å²) in [4.78, 5) is 21.2. The molecule has 3 rings (SSSR count). The first-order valence-electron chi connectivity index (χ1n) is 8.74. The van der Waals surface area contributed by atoms with E-state index in [0.717, 1.165) is 25.7 Å². The van der Waals surface area contributed by atoms with Gasteiger partial charge in [0, 0.05) is 17.8 Å². The molecule has 138 valence electrons. The van der Waals surface area contributed by atoms with Gasteiger partial charge in [-0.1, -0.05) is 12.8 Å². The minimum Gasteiger partial charge on any atom is -0.497 e. The molecule has 1 aromatic heterocycles. The fraction of sp³-hybridized carbons (Fsp3) is 0.421. The first-order chi connectivity index (χ1) is 12.6. The van der Waals surface area contributed by atoms with E-state index < -0.39 is 0 Å². The van der Waals surface area contributed by atoms with Crippen LogP contribution in [0.4, 0.5) is 11.6 Å². The first-order valence-corrected chi connectivity index (χ1v) is 8.74. The molecule has 0 radical (unpaired) electrons. The van der Waals surface area contributed by atoms with E-state index in [1.807, 2.05) is 19.1 Å². The van der Waals surface area contributed by atoms with Crippen molar-refractivity contribution in [2.45, 2.75) is 38.6 Å². The molecule has 7 heteroatoms. The Morgan fingerprint density at radius 2 is 1.88 bits per heavy atom. The molecular weight excluding hydrogens is 332 g/mol. The van der Waals surface area contributed by atoms with Gasteiger partial charge in [0.05, 0.1) is 19.9 Å². The zero-order valence-corrected chi connectivity index (χ0v) is 15.3. The number of anilines is 2. The van der Waals surface area contributed by atoms with Crippen molar-refractivity contribution in [1.29, 1.82) is 0 Å². The number of methoxy groups -OCH3 is 2. The lowest BCUT2D eigenvalue weighted by atomic mass is 10.2. The number of carbonyl (C=O) groups excluding carboxylic acids is 1. The van der Waals surface area contributed by atoms with Crippen LogP contribution in [0.2, 0.25) is 0 Å². The van der Waals surface area contributed by atoms with Gasteiger partial charge >= 0.3 is 0 Å². The second kappa shape index (κ2) is 8.03. The van der Waals surface area contributed by atoms with Gasteiger partial charge in [-0.25, -0.2) is 9.97 Å². The van der Waals surface area contributed by atoms with Gasteiger partial charge in [-0.15, -0.1) is 0 Å². The zero-order valence-electron chi connectivity index (χ0n) is 15.3. The molecule has 0 bridgehead atoms. The lowest BCUT2D eigenvalue weighted by Crippen LogP contribution is -2.33. The number of hydrogen-bond acceptors (Lipinski definition) is 6. The van der Waals surface area contributed by atoms with Gasteiger partial charge in [0.15, 0.2) is 0 Å². The van der Waals surface area contributed by atoms with E-state index in [4.69, 9.17) is 9.47 Å². The van der Waals surface area contributed by atoms with Crippen LogP contribution in [0.3, 0.4) is 0 Å². The van der Waals surface area contributed by atoms with Gasteiger partial charge in [0.2, 0.25) is 5.95 Å². The number of nitrogens with one attached hydrogen (secondary N) is 2. The van der Waals surface area contributed by atoms with Crippen molar-refractivity contribution in [2.24, 2.45) is 0 Å². The van der Waals surface area contributed by atoms with E-state index in [-0.39, 0.29) is 11.9 Å². The monoisotopic (exact) mass is 356 g/mol. The number of rotatable bonds is 6. The van der Waals surface area contributed by atoms with Gasteiger partial charge in [0.25, 0.3) is 5.91 Å². The third-order valence-electron chi connectivity index (χ3n) is 4.43. The molecular formula is C19H24N4O3. The summed E-state index contributed by atoms with van der Waals surface area (Å²) in [5.74, 6) is 1.48. The Morgan fingerprint density at radius 1 is 1.12 bits per heavy atom. The van der Waals surface area contributed by atoms with Crippen molar-refractivity contribution in [3.05, 3.63) is 35.7 Å². The van der Waals surface area contributed by atoms with Crippen LogP contribution in [0, 0.1) is 6.92 Å². The summed E-state index contributed by atoms with van der Waals surface area (Å²) < 4.78 is 10.6. The minimum atomic E-state index is -0.160. The van der Waals surface area contributed by atoms with E-state index in [0.29, 0.717) is 34.5 Å². The third-order valence-corrected chi connectivity index (χ3v) is 4.43. The average Bonchev–Trinajstić information content (AvgIpc) is 3.14. The highest BCUT2D eigenvalue weighted by Gasteiger charge is 2.19. The number of aromatic nitrogens is 2. The van der Waals surface area contributed by atoms with Crippen molar-refractivity contribution >= 4 is 17.5 Å². The lowest BCUT2D eigenvalue weighted by Gasteiger charge is -2.14. The van der Waals surface area contributed by atoms with Gasteiger partial charge in [-0.05, 0) is 38.0 Å². The maximum absolute atomic E-state index is 12.5. The van der Waals surface area contributed by atoms with E-state index >= 15 is 0 Å². The Kier molecular flexibility index (Phi) is 5.55. The molecule has 0 spiro atoms. The van der Waals surface area contributed by atoms with E-state index in [1.165, 1.54) is 0 Å². The van der Waals surface area contributed by atoms with Crippen LogP contribution in [0.1, 0.15) is 41.9 Å². The van der Waals surface area contributed by atoms with E-state index in [2.05, 4.69) is 20.6 Å². The van der Waals surface area contributed by atoms with E-state index in [1.54, 1.807) is 26.4 Å². The fourth-order valence-electron chi connectivity index (χ4n) is 3.09. The Bertz CT molecular complexity index is 788. The number of nitrogens with zero attached hydrogens (tertiary/aromatic N) is 2. The third kappa shape index (κ3) is 4.22. The summed E-state index contributed by atoms with van der Waals surface area (Å²) >= 11 is 0. The molecule has 0 aliphatic heterocycles. The first kappa shape index (κ1) is 18.0. The van der Waals surface area contributed by atoms with Crippen molar-refractivity contribution in [1.82, 2.24) is 15.3 Å². The van der Waals surface area contributed by atoms with Gasteiger partial charge < -0.3 is 20.1 Å². The van der Waals surface area contributed by atoms with Crippen molar-refractivity contribution in [2.75, 3.05) is 19.5 Å². The molecule has 0 unspecified atom stereocenters. The summed E-state index contributed by atoms with van der Waals surface area (Å²) in [5.41, 5.74) is 1.77. The van der Waals surface area contributed by atoms with Crippen molar-refractivity contribution in [3.8, 4) is 11.5 Å². The quantitative estimate of drug-likeness (QED) is 0.827. The normalized spacial score (nSPS) is 14.1. The Balaban J connectivity index is 1.80. The molecule has 1 amide bonds. The predicted octanol–water partition coefficient (Wildman–Crippen LogP) is 3.22. The van der Waals surface area contributed by atoms with Crippen LogP contribution in [-0.4, -0.2) is 36.1 Å². The molecule has 1 aromatic carbocycles. The zero-order chi connectivity index (χ0) is 18.5. The number of hydrogen-bond donors (Lipinski definition) is 2. The maximum Gasteiger partial charge on any atom is 0.270 e. The fourth-order valence-corrected chi connectivity index (χ4v) is 3.09. The number of aryl methyl sites for hydroxylation is 1. The smallest absolute Gasteiger partial charge is 0.270 e. The molecule has 0 saturated heterocycles. The highest BCUT2D eigenvalue weighted by atomic mass is 16.5. The van der Waals surface area contributed by atoms with Crippen molar-refractivity contribution < 1.29 is 14.3 Å². The van der Waals surface area contributed by atoms with Crippen LogP contribution in [0.5, 0.6) is 11.5 Å². The molecule has 1 fully saturated rings. The molecule has 1 saturated carbocycles. The number of ether oxygens (including phenoxy) is 2. The Hall–Kier alpha value is -2.83. The minimum absolute atomic E-state index is 0.160. The summed E-state index contributed by atoms with van der Waals surface area (Å²) in [5, 5.41) is 6.17. The molecule has 1 aliphatic rings. The maximum atomic E-state index is 12.5. The van der Waals surface area contributed by atoms with Crippen LogP contribution in [-0.2, 0) is 0 Å². The van der Waals surface area contributed by atoms with Crippen molar-refractivity contribution in [3.63, 3.8) is 0 Å². The van der Waals surface area contributed by atoms with Gasteiger partial charge in [0.1, 0.15) is 17.2 Å². The number of benzene rings is 1.